The molecule has 1 fully saturated rings. The van der Waals surface area contributed by atoms with Crippen LogP contribution < -0.4 is 0 Å². The number of aryl methyl sites for hydroxylation is 1. The van der Waals surface area contributed by atoms with Crippen molar-refractivity contribution in [3.8, 4) is 0 Å². The smallest absolute Gasteiger partial charge is 0.246 e. The minimum absolute atomic E-state index is 0.106. The van der Waals surface area contributed by atoms with Crippen LogP contribution in [0.3, 0.4) is 0 Å². The van der Waals surface area contributed by atoms with Gasteiger partial charge in [-0.15, -0.1) is 0 Å². The van der Waals surface area contributed by atoms with Crippen molar-refractivity contribution in [2.24, 2.45) is 0 Å². The molecule has 0 atom stereocenters. The summed E-state index contributed by atoms with van der Waals surface area (Å²) in [5.74, 6) is 2.20. The van der Waals surface area contributed by atoms with Crippen molar-refractivity contribution in [3.63, 3.8) is 0 Å². The second kappa shape index (κ2) is 5.91. The zero-order valence-corrected chi connectivity index (χ0v) is 10.8. The van der Waals surface area contributed by atoms with Crippen molar-refractivity contribution >= 4 is 23.7 Å². The van der Waals surface area contributed by atoms with Gasteiger partial charge in [0.2, 0.25) is 5.91 Å². The fourth-order valence-corrected chi connectivity index (χ4v) is 2.60. The topological polar surface area (TPSA) is 38.1 Å². The van der Waals surface area contributed by atoms with Crippen LogP contribution >= 0.6 is 11.8 Å². The maximum Gasteiger partial charge on any atom is 0.246 e. The first-order chi connectivity index (χ1) is 8.29. The van der Waals surface area contributed by atoms with Gasteiger partial charge in [0.25, 0.3) is 0 Å². The van der Waals surface area contributed by atoms with Gasteiger partial charge in [-0.05, 0) is 13.0 Å². The Labute approximate surface area is 106 Å². The van der Waals surface area contributed by atoms with Crippen LogP contribution in [0.2, 0.25) is 0 Å². The van der Waals surface area contributed by atoms with Gasteiger partial charge in [0.1, 0.15) is 0 Å². The molecule has 1 aromatic rings. The lowest BCUT2D eigenvalue weighted by Gasteiger charge is -2.24. The summed E-state index contributed by atoms with van der Waals surface area (Å²) in [5, 5.41) is 4.16. The lowest BCUT2D eigenvalue weighted by atomic mass is 10.3. The maximum atomic E-state index is 11.9. The Bertz CT molecular complexity index is 408. The monoisotopic (exact) mass is 251 g/mol. The molecule has 0 radical (unpaired) electrons. The minimum atomic E-state index is 0.106. The van der Waals surface area contributed by atoms with Gasteiger partial charge in [-0.1, -0.05) is 0 Å². The maximum absolute atomic E-state index is 11.9. The van der Waals surface area contributed by atoms with Crippen molar-refractivity contribution in [1.82, 2.24) is 14.7 Å². The molecule has 1 aliphatic rings. The standard InChI is InChI=1S/C12H17N3OS/c1-2-15-10-11(9-13-15)3-4-12(16)14-5-7-17-8-6-14/h3-4,9-10H,2,5-8H2,1H3/b4-3+. The molecule has 5 heteroatoms. The van der Waals surface area contributed by atoms with Gasteiger partial charge in [-0.2, -0.15) is 16.9 Å². The Hall–Kier alpha value is -1.23. The molecule has 0 bridgehead atoms. The summed E-state index contributed by atoms with van der Waals surface area (Å²) in [5.41, 5.74) is 0.978. The van der Waals surface area contributed by atoms with Crippen LogP contribution in [0.25, 0.3) is 6.08 Å². The number of thioether (sulfide) groups is 1. The molecule has 0 spiro atoms. The normalized spacial score (nSPS) is 16.6. The Balaban J connectivity index is 1.92. The highest BCUT2D eigenvalue weighted by Gasteiger charge is 2.13. The molecular weight excluding hydrogens is 234 g/mol. The van der Waals surface area contributed by atoms with Crippen LogP contribution in [0, 0.1) is 0 Å². The minimum Gasteiger partial charge on any atom is -0.338 e. The summed E-state index contributed by atoms with van der Waals surface area (Å²) in [6.07, 6.45) is 7.20. The molecule has 0 N–H and O–H groups in total. The van der Waals surface area contributed by atoms with E-state index in [0.29, 0.717) is 0 Å². The van der Waals surface area contributed by atoms with Crippen molar-refractivity contribution in [2.45, 2.75) is 13.5 Å². The number of carbonyl (C=O) groups is 1. The van der Waals surface area contributed by atoms with Crippen molar-refractivity contribution < 1.29 is 4.79 Å². The van der Waals surface area contributed by atoms with E-state index in [9.17, 15) is 4.79 Å². The van der Waals surface area contributed by atoms with Crippen molar-refractivity contribution in [3.05, 3.63) is 24.0 Å². The van der Waals surface area contributed by atoms with Gasteiger partial charge in [0, 0.05) is 49.0 Å². The summed E-state index contributed by atoms with van der Waals surface area (Å²) in [7, 11) is 0. The Morgan fingerprint density at radius 3 is 2.94 bits per heavy atom. The molecule has 0 saturated carbocycles. The fraction of sp³-hybridized carbons (Fsp3) is 0.500. The molecule has 0 aliphatic carbocycles. The zero-order valence-electron chi connectivity index (χ0n) is 10.0. The first-order valence-electron chi connectivity index (χ1n) is 5.87. The van der Waals surface area contributed by atoms with Crippen LogP contribution in [0.1, 0.15) is 12.5 Å². The lowest BCUT2D eigenvalue weighted by molar-refractivity contribution is -0.125. The van der Waals surface area contributed by atoms with E-state index in [-0.39, 0.29) is 5.91 Å². The molecule has 1 amide bonds. The number of carbonyl (C=O) groups excluding carboxylic acids is 1. The Morgan fingerprint density at radius 2 is 2.29 bits per heavy atom. The van der Waals surface area contributed by atoms with Crippen LogP contribution in [-0.2, 0) is 11.3 Å². The molecule has 92 valence electrons. The van der Waals surface area contributed by atoms with Gasteiger partial charge >= 0.3 is 0 Å². The molecule has 1 saturated heterocycles. The van der Waals surface area contributed by atoms with E-state index < -0.39 is 0 Å². The Morgan fingerprint density at radius 1 is 1.53 bits per heavy atom. The molecular formula is C12H17N3OS. The average Bonchev–Trinajstić information content (AvgIpc) is 2.85. The zero-order chi connectivity index (χ0) is 12.1. The summed E-state index contributed by atoms with van der Waals surface area (Å²) in [6, 6.07) is 0. The van der Waals surface area contributed by atoms with Crippen LogP contribution in [0.5, 0.6) is 0 Å². The van der Waals surface area contributed by atoms with Crippen molar-refractivity contribution in [1.29, 1.82) is 0 Å². The second-order valence-electron chi connectivity index (χ2n) is 3.90. The summed E-state index contributed by atoms with van der Waals surface area (Å²) in [4.78, 5) is 13.8. The largest absolute Gasteiger partial charge is 0.338 e. The quantitative estimate of drug-likeness (QED) is 0.764. The highest BCUT2D eigenvalue weighted by Crippen LogP contribution is 2.10. The number of hydrogen-bond acceptors (Lipinski definition) is 3. The van der Waals surface area contributed by atoms with Gasteiger partial charge in [0.05, 0.1) is 6.20 Å². The summed E-state index contributed by atoms with van der Waals surface area (Å²) < 4.78 is 1.85. The predicted octanol–water partition coefficient (Wildman–Crippen LogP) is 1.49. The number of hydrogen-bond donors (Lipinski definition) is 0. The van der Waals surface area contributed by atoms with Gasteiger partial charge in [-0.25, -0.2) is 0 Å². The molecule has 1 aromatic heterocycles. The van der Waals surface area contributed by atoms with Crippen LogP contribution in [0.15, 0.2) is 18.5 Å². The molecule has 0 unspecified atom stereocenters. The van der Waals surface area contributed by atoms with Gasteiger partial charge < -0.3 is 4.90 Å². The molecule has 0 aromatic carbocycles. The molecule has 4 nitrogen and oxygen atoms in total. The first-order valence-corrected chi connectivity index (χ1v) is 7.02. The second-order valence-corrected chi connectivity index (χ2v) is 5.13. The number of rotatable bonds is 3. The number of aromatic nitrogens is 2. The summed E-state index contributed by atoms with van der Waals surface area (Å²) >= 11 is 1.91. The lowest BCUT2D eigenvalue weighted by Crippen LogP contribution is -2.36. The van der Waals surface area contributed by atoms with E-state index in [1.165, 1.54) is 0 Å². The SMILES string of the molecule is CCn1cc(/C=C/C(=O)N2CCSCC2)cn1. The Kier molecular flexibility index (Phi) is 4.25. The van der Waals surface area contributed by atoms with Crippen LogP contribution in [0.4, 0.5) is 0 Å². The van der Waals surface area contributed by atoms with E-state index in [4.69, 9.17) is 0 Å². The number of amides is 1. The van der Waals surface area contributed by atoms with E-state index in [1.807, 2.05) is 40.5 Å². The van der Waals surface area contributed by atoms with Crippen LogP contribution in [-0.4, -0.2) is 45.2 Å². The fourth-order valence-electron chi connectivity index (χ4n) is 1.70. The number of nitrogens with zero attached hydrogens (tertiary/aromatic N) is 3. The van der Waals surface area contributed by atoms with E-state index in [0.717, 1.165) is 36.7 Å². The predicted molar refractivity (Wildman–Crippen MR) is 70.8 cm³/mol. The summed E-state index contributed by atoms with van der Waals surface area (Å²) in [6.45, 7) is 4.62. The molecule has 1 aliphatic heterocycles. The van der Waals surface area contributed by atoms with E-state index >= 15 is 0 Å². The molecule has 2 rings (SSSR count). The highest BCUT2D eigenvalue weighted by molar-refractivity contribution is 7.99. The van der Waals surface area contributed by atoms with Crippen molar-refractivity contribution in [2.75, 3.05) is 24.6 Å². The first kappa shape index (κ1) is 12.2. The highest BCUT2D eigenvalue weighted by atomic mass is 32.2. The van der Waals surface area contributed by atoms with Gasteiger partial charge in [-0.3, -0.25) is 9.48 Å². The third-order valence-electron chi connectivity index (χ3n) is 2.72. The van der Waals surface area contributed by atoms with E-state index in [1.54, 1.807) is 12.3 Å². The third-order valence-corrected chi connectivity index (χ3v) is 3.66. The van der Waals surface area contributed by atoms with E-state index in [2.05, 4.69) is 5.10 Å². The third kappa shape index (κ3) is 3.36. The molecule has 17 heavy (non-hydrogen) atoms. The average molecular weight is 251 g/mol. The van der Waals surface area contributed by atoms with Gasteiger partial charge in [0.15, 0.2) is 0 Å². The molecule has 2 heterocycles.